The third-order valence-corrected chi connectivity index (χ3v) is 5.78. The number of benzene rings is 2. The van der Waals surface area contributed by atoms with E-state index in [1.807, 2.05) is 19.9 Å². The summed E-state index contributed by atoms with van der Waals surface area (Å²) in [4.78, 5) is 39.9. The number of nitro groups is 1. The molecule has 3 aromatic rings. The molecule has 0 fully saturated rings. The minimum Gasteiger partial charge on any atom is -0.418 e. The van der Waals surface area contributed by atoms with Gasteiger partial charge in [0.1, 0.15) is 5.82 Å². The summed E-state index contributed by atoms with van der Waals surface area (Å²) in [6.45, 7) is 5.07. The molecular formula is C21H18Br2N4O5. The normalized spacial score (nSPS) is 12.3. The monoisotopic (exact) mass is 564 g/mol. The fourth-order valence-corrected chi connectivity index (χ4v) is 3.87. The van der Waals surface area contributed by atoms with Gasteiger partial charge in [0.15, 0.2) is 0 Å². The Kier molecular flexibility index (Phi) is 7.19. The second-order valence-electron chi connectivity index (χ2n) is 7.00. The van der Waals surface area contributed by atoms with Crippen molar-refractivity contribution in [3.8, 4) is 5.75 Å². The van der Waals surface area contributed by atoms with Crippen LogP contribution in [-0.2, 0) is 4.79 Å². The molecule has 0 saturated carbocycles. The van der Waals surface area contributed by atoms with Crippen LogP contribution in [0.25, 0.3) is 10.9 Å². The second kappa shape index (κ2) is 9.70. The molecule has 0 aliphatic rings. The van der Waals surface area contributed by atoms with Gasteiger partial charge in [0.25, 0.3) is 5.56 Å². The van der Waals surface area contributed by atoms with Crippen LogP contribution in [0.3, 0.4) is 0 Å². The third-order valence-electron chi connectivity index (χ3n) is 4.70. The number of rotatable bonds is 6. The highest BCUT2D eigenvalue weighted by Gasteiger charge is 2.22. The zero-order valence-corrected chi connectivity index (χ0v) is 20.5. The average Bonchev–Trinajstić information content (AvgIpc) is 2.73. The zero-order chi connectivity index (χ0) is 23.6. The summed E-state index contributed by atoms with van der Waals surface area (Å²) in [5.74, 6) is -0.461. The number of halogens is 2. The van der Waals surface area contributed by atoms with Crippen molar-refractivity contribution >= 4 is 60.6 Å². The summed E-state index contributed by atoms with van der Waals surface area (Å²) < 4.78 is 7.11. The van der Waals surface area contributed by atoms with E-state index in [1.54, 1.807) is 12.1 Å². The first-order valence-corrected chi connectivity index (χ1v) is 11.1. The quantitative estimate of drug-likeness (QED) is 0.134. The van der Waals surface area contributed by atoms with E-state index in [0.717, 1.165) is 17.8 Å². The van der Waals surface area contributed by atoms with Crippen molar-refractivity contribution in [3.63, 3.8) is 0 Å². The Morgan fingerprint density at radius 1 is 1.34 bits per heavy atom. The highest BCUT2D eigenvalue weighted by Crippen LogP contribution is 2.36. The number of fused-ring (bicyclic) bond motifs is 1. The van der Waals surface area contributed by atoms with Crippen molar-refractivity contribution in [2.24, 2.45) is 5.10 Å². The van der Waals surface area contributed by atoms with Gasteiger partial charge in [-0.3, -0.25) is 19.7 Å². The highest BCUT2D eigenvalue weighted by molar-refractivity contribution is 9.10. The Morgan fingerprint density at radius 3 is 2.69 bits per heavy atom. The highest BCUT2D eigenvalue weighted by atomic mass is 79.9. The van der Waals surface area contributed by atoms with Crippen molar-refractivity contribution in [2.45, 2.75) is 33.1 Å². The first-order valence-electron chi connectivity index (χ1n) is 9.55. The number of ether oxygens (including phenoxy) is 1. The van der Waals surface area contributed by atoms with Crippen molar-refractivity contribution in [2.75, 3.05) is 0 Å². The molecule has 0 bridgehead atoms. The number of hydrogen-bond acceptors (Lipinski definition) is 7. The van der Waals surface area contributed by atoms with E-state index in [2.05, 4.69) is 41.9 Å². The Hall–Kier alpha value is -2.92. The van der Waals surface area contributed by atoms with E-state index in [1.165, 1.54) is 23.0 Å². The molecule has 0 saturated heterocycles. The molecule has 1 atom stereocenters. The Morgan fingerprint density at radius 2 is 2.06 bits per heavy atom. The molecule has 0 N–H and O–H groups in total. The fourth-order valence-electron chi connectivity index (χ4n) is 2.96. The summed E-state index contributed by atoms with van der Waals surface area (Å²) in [5, 5.41) is 16.2. The SMILES string of the molecule is CC[C@@H](C)c1nc2ccc(Br)cc2c(=O)n1N=Cc1cc(Br)c(OC(C)=O)c([N+](=O)[O-])c1. The lowest BCUT2D eigenvalue weighted by Gasteiger charge is -2.14. The minimum atomic E-state index is -0.687. The largest absolute Gasteiger partial charge is 0.418 e. The van der Waals surface area contributed by atoms with Crippen molar-refractivity contribution in [3.05, 3.63) is 71.1 Å². The lowest BCUT2D eigenvalue weighted by atomic mass is 10.1. The van der Waals surface area contributed by atoms with Gasteiger partial charge >= 0.3 is 11.7 Å². The van der Waals surface area contributed by atoms with Crippen molar-refractivity contribution in [1.29, 1.82) is 0 Å². The Bertz CT molecular complexity index is 1320. The van der Waals surface area contributed by atoms with Gasteiger partial charge in [0, 0.05) is 28.9 Å². The lowest BCUT2D eigenvalue weighted by Crippen LogP contribution is -2.23. The number of hydrogen-bond donors (Lipinski definition) is 0. The molecule has 11 heteroatoms. The first kappa shape index (κ1) is 23.7. The molecule has 2 aromatic carbocycles. The smallest absolute Gasteiger partial charge is 0.313 e. The zero-order valence-electron chi connectivity index (χ0n) is 17.3. The topological polar surface area (TPSA) is 117 Å². The molecule has 0 amide bonds. The fraction of sp³-hybridized carbons (Fsp3) is 0.238. The van der Waals surface area contributed by atoms with Crippen LogP contribution in [0.2, 0.25) is 0 Å². The summed E-state index contributed by atoms with van der Waals surface area (Å²) in [6.07, 6.45) is 2.06. The van der Waals surface area contributed by atoms with E-state index in [4.69, 9.17) is 4.74 Å². The molecule has 0 spiro atoms. The predicted molar refractivity (Wildman–Crippen MR) is 128 cm³/mol. The lowest BCUT2D eigenvalue weighted by molar-refractivity contribution is -0.385. The first-order chi connectivity index (χ1) is 15.1. The van der Waals surface area contributed by atoms with Crippen LogP contribution >= 0.6 is 31.9 Å². The van der Waals surface area contributed by atoms with Gasteiger partial charge in [-0.15, -0.1) is 0 Å². The van der Waals surface area contributed by atoms with Crippen LogP contribution in [0.5, 0.6) is 5.75 Å². The van der Waals surface area contributed by atoms with Crippen LogP contribution in [0.1, 0.15) is 44.5 Å². The molecule has 0 aliphatic carbocycles. The number of carbonyl (C=O) groups is 1. The molecule has 0 unspecified atom stereocenters. The van der Waals surface area contributed by atoms with E-state index in [-0.39, 0.29) is 21.7 Å². The maximum Gasteiger partial charge on any atom is 0.313 e. The molecule has 1 heterocycles. The van der Waals surface area contributed by atoms with Gasteiger partial charge < -0.3 is 4.74 Å². The van der Waals surface area contributed by atoms with Crippen molar-refractivity contribution < 1.29 is 14.5 Å². The van der Waals surface area contributed by atoms with E-state index >= 15 is 0 Å². The number of nitrogens with zero attached hydrogens (tertiary/aromatic N) is 4. The molecule has 0 aliphatic heterocycles. The molecule has 32 heavy (non-hydrogen) atoms. The minimum absolute atomic E-state index is 0.0553. The average molecular weight is 566 g/mol. The van der Waals surface area contributed by atoms with Gasteiger partial charge in [-0.1, -0.05) is 29.8 Å². The number of esters is 1. The molecule has 3 rings (SSSR count). The van der Waals surface area contributed by atoms with Gasteiger partial charge in [0.05, 0.1) is 26.5 Å². The van der Waals surface area contributed by atoms with Gasteiger partial charge in [-0.2, -0.15) is 9.78 Å². The maximum atomic E-state index is 13.2. The van der Waals surface area contributed by atoms with Crippen LogP contribution in [0.15, 0.2) is 49.2 Å². The molecule has 166 valence electrons. The predicted octanol–water partition coefficient (Wildman–Crippen LogP) is 5.15. The second-order valence-corrected chi connectivity index (χ2v) is 8.77. The Labute approximate surface area is 199 Å². The summed E-state index contributed by atoms with van der Waals surface area (Å²) in [5.41, 5.74) is 0.124. The number of carbonyl (C=O) groups excluding carboxylic acids is 1. The molecule has 1 aromatic heterocycles. The molecular weight excluding hydrogens is 548 g/mol. The summed E-state index contributed by atoms with van der Waals surface area (Å²) >= 11 is 6.56. The van der Waals surface area contributed by atoms with Gasteiger partial charge in [-0.25, -0.2) is 4.98 Å². The number of aromatic nitrogens is 2. The van der Waals surface area contributed by atoms with Gasteiger partial charge in [-0.05, 0) is 46.6 Å². The summed E-state index contributed by atoms with van der Waals surface area (Å²) in [6, 6.07) is 7.96. The van der Waals surface area contributed by atoms with E-state index in [0.29, 0.717) is 22.3 Å². The van der Waals surface area contributed by atoms with Crippen LogP contribution in [0.4, 0.5) is 5.69 Å². The standard InChI is InChI=1S/C21H18Br2N4O5/c1-4-11(2)20-25-17-6-5-14(22)9-15(17)21(29)26(20)24-10-13-7-16(23)19(32-12(3)28)18(8-13)27(30)31/h5-11H,4H2,1-3H3/t11-/m1/s1. The van der Waals surface area contributed by atoms with Crippen LogP contribution < -0.4 is 10.3 Å². The van der Waals surface area contributed by atoms with Crippen LogP contribution in [-0.4, -0.2) is 26.8 Å². The summed E-state index contributed by atoms with van der Waals surface area (Å²) in [7, 11) is 0. The maximum absolute atomic E-state index is 13.2. The van der Waals surface area contributed by atoms with E-state index in [9.17, 15) is 19.7 Å². The molecule has 9 nitrogen and oxygen atoms in total. The Balaban J connectivity index is 2.17. The number of nitro benzene ring substituents is 1. The van der Waals surface area contributed by atoms with Crippen LogP contribution in [0, 0.1) is 10.1 Å². The molecule has 0 radical (unpaired) electrons. The third kappa shape index (κ3) is 4.94. The van der Waals surface area contributed by atoms with Crippen molar-refractivity contribution in [1.82, 2.24) is 9.66 Å². The van der Waals surface area contributed by atoms with E-state index < -0.39 is 16.6 Å². The van der Waals surface area contributed by atoms with Gasteiger partial charge in [0.2, 0.25) is 5.75 Å².